The molecule has 0 fully saturated rings. The van der Waals surface area contributed by atoms with Gasteiger partial charge in [0.15, 0.2) is 0 Å². The molecule has 0 radical (unpaired) electrons. The summed E-state index contributed by atoms with van der Waals surface area (Å²) in [5.41, 5.74) is 1.72. The maximum absolute atomic E-state index is 13.5. The molecule has 0 heterocycles. The summed E-state index contributed by atoms with van der Waals surface area (Å²) in [7, 11) is 0. The van der Waals surface area contributed by atoms with Gasteiger partial charge in [-0.3, -0.25) is 0 Å². The molecule has 0 aliphatic carbocycles. The van der Waals surface area contributed by atoms with Gasteiger partial charge in [-0.2, -0.15) is 0 Å². The van der Waals surface area contributed by atoms with Crippen molar-refractivity contribution in [3.8, 4) is 5.75 Å². The van der Waals surface area contributed by atoms with Crippen LogP contribution < -0.4 is 4.74 Å². The van der Waals surface area contributed by atoms with Crippen molar-refractivity contribution in [1.82, 2.24) is 0 Å². The molecule has 0 aromatic heterocycles. The Bertz CT molecular complexity index is 609. The van der Waals surface area contributed by atoms with Crippen molar-refractivity contribution in [2.75, 3.05) is 0 Å². The molecule has 1 N–H and O–H groups in total. The van der Waals surface area contributed by atoms with Crippen molar-refractivity contribution < 1.29 is 18.6 Å². The first-order valence-electron chi connectivity index (χ1n) is 6.32. The zero-order valence-electron chi connectivity index (χ0n) is 11.4. The first kappa shape index (κ1) is 14.5. The highest BCUT2D eigenvalue weighted by Crippen LogP contribution is 2.27. The molecular weight excluding hydrogens is 262 g/mol. The van der Waals surface area contributed by atoms with E-state index in [1.807, 2.05) is 13.0 Å². The minimum atomic E-state index is -0.692. The average Bonchev–Trinajstić information content (AvgIpc) is 2.39. The Morgan fingerprint density at radius 1 is 1.15 bits per heavy atom. The number of hydrogen-bond donors (Lipinski definition) is 1. The highest BCUT2D eigenvalue weighted by atomic mass is 19.1. The largest absolute Gasteiger partial charge is 0.488 e. The minimum absolute atomic E-state index is 0.0905. The second-order valence-corrected chi connectivity index (χ2v) is 4.74. The number of aryl methyl sites for hydroxylation is 1. The Morgan fingerprint density at radius 3 is 2.60 bits per heavy atom. The van der Waals surface area contributed by atoms with Crippen molar-refractivity contribution in [3.63, 3.8) is 0 Å². The summed E-state index contributed by atoms with van der Waals surface area (Å²) >= 11 is 0. The van der Waals surface area contributed by atoms with Gasteiger partial charge in [0.1, 0.15) is 24.0 Å². The van der Waals surface area contributed by atoms with Crippen LogP contribution in [0.1, 0.15) is 29.7 Å². The highest BCUT2D eigenvalue weighted by molar-refractivity contribution is 5.38. The van der Waals surface area contributed by atoms with Crippen LogP contribution in [-0.4, -0.2) is 5.11 Å². The fraction of sp³-hybridized carbons (Fsp3) is 0.250. The standard InChI is InChI=1S/C16H16F2O2/c1-10-3-5-14(11(2)19)16(7-10)20-9-12-8-13(17)4-6-15(12)18/h3-8,11,19H,9H2,1-2H3/t11-/m0/s1. The summed E-state index contributed by atoms with van der Waals surface area (Å²) in [6.45, 7) is 3.43. The normalized spacial score (nSPS) is 12.2. The van der Waals surface area contributed by atoms with Gasteiger partial charge >= 0.3 is 0 Å². The van der Waals surface area contributed by atoms with E-state index in [4.69, 9.17) is 4.74 Å². The lowest BCUT2D eigenvalue weighted by Crippen LogP contribution is -2.03. The highest BCUT2D eigenvalue weighted by Gasteiger charge is 2.11. The summed E-state index contributed by atoms with van der Waals surface area (Å²) in [5.74, 6) is -0.550. The Morgan fingerprint density at radius 2 is 1.90 bits per heavy atom. The Labute approximate surface area is 116 Å². The van der Waals surface area contributed by atoms with Crippen LogP contribution in [0.4, 0.5) is 8.78 Å². The van der Waals surface area contributed by atoms with Crippen LogP contribution in [0, 0.1) is 18.6 Å². The lowest BCUT2D eigenvalue weighted by atomic mass is 10.1. The van der Waals surface area contributed by atoms with Crippen LogP contribution in [0.3, 0.4) is 0 Å². The van der Waals surface area contributed by atoms with E-state index < -0.39 is 17.7 Å². The molecule has 0 aliphatic heterocycles. The minimum Gasteiger partial charge on any atom is -0.488 e. The summed E-state index contributed by atoms with van der Waals surface area (Å²) in [6, 6.07) is 8.62. The van der Waals surface area contributed by atoms with Gasteiger partial charge in [-0.25, -0.2) is 8.78 Å². The molecule has 0 spiro atoms. The summed E-state index contributed by atoms with van der Waals surface area (Å²) in [6.07, 6.45) is -0.692. The van der Waals surface area contributed by atoms with Crippen molar-refractivity contribution in [2.45, 2.75) is 26.6 Å². The predicted molar refractivity (Wildman–Crippen MR) is 72.5 cm³/mol. The molecule has 0 amide bonds. The summed E-state index contributed by atoms with van der Waals surface area (Å²) in [5, 5.41) is 9.68. The van der Waals surface area contributed by atoms with E-state index in [1.165, 1.54) is 0 Å². The molecule has 0 saturated heterocycles. The maximum Gasteiger partial charge on any atom is 0.130 e. The van der Waals surface area contributed by atoms with E-state index in [0.29, 0.717) is 11.3 Å². The SMILES string of the molecule is Cc1ccc([C@H](C)O)c(OCc2cc(F)ccc2F)c1. The molecule has 1 atom stereocenters. The molecular formula is C16H16F2O2. The molecule has 0 aliphatic rings. The van der Waals surface area contributed by atoms with Gasteiger partial charge in [-0.05, 0) is 43.7 Å². The number of aliphatic hydroxyl groups is 1. The van der Waals surface area contributed by atoms with E-state index in [0.717, 1.165) is 23.8 Å². The number of benzene rings is 2. The van der Waals surface area contributed by atoms with Crippen molar-refractivity contribution in [1.29, 1.82) is 0 Å². The fourth-order valence-corrected chi connectivity index (χ4v) is 1.92. The number of rotatable bonds is 4. The second-order valence-electron chi connectivity index (χ2n) is 4.74. The third-order valence-corrected chi connectivity index (χ3v) is 3.01. The van der Waals surface area contributed by atoms with E-state index in [2.05, 4.69) is 0 Å². The number of aliphatic hydroxyl groups excluding tert-OH is 1. The van der Waals surface area contributed by atoms with E-state index in [-0.39, 0.29) is 12.2 Å². The molecule has 0 unspecified atom stereocenters. The van der Waals surface area contributed by atoms with Gasteiger partial charge in [-0.15, -0.1) is 0 Å². The maximum atomic E-state index is 13.5. The Kier molecular flexibility index (Phi) is 4.35. The van der Waals surface area contributed by atoms with Crippen molar-refractivity contribution in [2.24, 2.45) is 0 Å². The number of halogens is 2. The van der Waals surface area contributed by atoms with Crippen molar-refractivity contribution >= 4 is 0 Å². The van der Waals surface area contributed by atoms with Crippen LogP contribution >= 0.6 is 0 Å². The number of ether oxygens (including phenoxy) is 1. The van der Waals surface area contributed by atoms with Crippen LogP contribution in [0.15, 0.2) is 36.4 Å². The first-order chi connectivity index (χ1) is 9.47. The van der Waals surface area contributed by atoms with E-state index in [9.17, 15) is 13.9 Å². The third-order valence-electron chi connectivity index (χ3n) is 3.01. The van der Waals surface area contributed by atoms with E-state index in [1.54, 1.807) is 19.1 Å². The van der Waals surface area contributed by atoms with Gasteiger partial charge < -0.3 is 9.84 Å². The molecule has 4 heteroatoms. The molecule has 2 nitrogen and oxygen atoms in total. The smallest absolute Gasteiger partial charge is 0.130 e. The zero-order valence-corrected chi connectivity index (χ0v) is 11.4. The molecule has 2 rings (SSSR count). The van der Waals surface area contributed by atoms with Crippen LogP contribution in [-0.2, 0) is 6.61 Å². The van der Waals surface area contributed by atoms with Gasteiger partial charge in [0, 0.05) is 11.1 Å². The van der Waals surface area contributed by atoms with Gasteiger partial charge in [0.2, 0.25) is 0 Å². The molecule has 2 aromatic rings. The van der Waals surface area contributed by atoms with Crippen LogP contribution in [0.25, 0.3) is 0 Å². The molecule has 0 saturated carbocycles. The molecule has 20 heavy (non-hydrogen) atoms. The topological polar surface area (TPSA) is 29.5 Å². The van der Waals surface area contributed by atoms with E-state index >= 15 is 0 Å². The lowest BCUT2D eigenvalue weighted by Gasteiger charge is -2.14. The van der Waals surface area contributed by atoms with Gasteiger partial charge in [-0.1, -0.05) is 12.1 Å². The Balaban J connectivity index is 2.22. The van der Waals surface area contributed by atoms with Crippen LogP contribution in [0.5, 0.6) is 5.75 Å². The zero-order chi connectivity index (χ0) is 14.7. The van der Waals surface area contributed by atoms with Gasteiger partial charge in [0.25, 0.3) is 0 Å². The summed E-state index contributed by atoms with van der Waals surface area (Å²) in [4.78, 5) is 0. The monoisotopic (exact) mass is 278 g/mol. The molecule has 2 aromatic carbocycles. The fourth-order valence-electron chi connectivity index (χ4n) is 1.92. The van der Waals surface area contributed by atoms with Crippen LogP contribution in [0.2, 0.25) is 0 Å². The predicted octanol–water partition coefficient (Wildman–Crippen LogP) is 3.91. The second kappa shape index (κ2) is 6.01. The molecule has 0 bridgehead atoms. The molecule has 106 valence electrons. The van der Waals surface area contributed by atoms with Crippen molar-refractivity contribution in [3.05, 3.63) is 64.7 Å². The lowest BCUT2D eigenvalue weighted by molar-refractivity contribution is 0.189. The summed E-state index contributed by atoms with van der Waals surface area (Å²) < 4.78 is 32.1. The first-order valence-corrected chi connectivity index (χ1v) is 6.32. The third kappa shape index (κ3) is 3.33. The quantitative estimate of drug-likeness (QED) is 0.919. The number of hydrogen-bond acceptors (Lipinski definition) is 2. The van der Waals surface area contributed by atoms with Gasteiger partial charge in [0.05, 0.1) is 6.10 Å². The average molecular weight is 278 g/mol. The Hall–Kier alpha value is -1.94.